The summed E-state index contributed by atoms with van der Waals surface area (Å²) in [6.45, 7) is 7.39. The zero-order chi connectivity index (χ0) is 14.7. The molecule has 0 aliphatic heterocycles. The Labute approximate surface area is 117 Å². The molecule has 2 aromatic rings. The second-order valence-electron chi connectivity index (χ2n) is 4.69. The molecule has 0 bridgehead atoms. The van der Waals surface area contributed by atoms with Gasteiger partial charge >= 0.3 is 0 Å². The fourth-order valence-corrected chi connectivity index (χ4v) is 1.61. The Morgan fingerprint density at radius 1 is 1.25 bits per heavy atom. The molecule has 20 heavy (non-hydrogen) atoms. The minimum atomic E-state index is -0.645. The minimum absolute atomic E-state index is 0.304. The van der Waals surface area contributed by atoms with E-state index in [1.54, 1.807) is 13.8 Å². The first-order valence-corrected chi connectivity index (χ1v) is 6.31. The van der Waals surface area contributed by atoms with E-state index in [1.165, 1.54) is 5.56 Å². The first-order valence-electron chi connectivity index (χ1n) is 6.31. The number of hydrogen-bond donors (Lipinski definition) is 1. The number of nitrogens with one attached hydrogen (secondary N) is 1. The summed E-state index contributed by atoms with van der Waals surface area (Å²) in [7, 11) is 0. The third-order valence-electron chi connectivity index (χ3n) is 3.05. The van der Waals surface area contributed by atoms with Crippen LogP contribution in [0.3, 0.4) is 0 Å². The molecule has 2 rings (SSSR count). The Kier molecular flexibility index (Phi) is 4.02. The van der Waals surface area contributed by atoms with Gasteiger partial charge < -0.3 is 10.1 Å². The lowest BCUT2D eigenvalue weighted by Gasteiger charge is -2.14. The van der Waals surface area contributed by atoms with Crippen LogP contribution in [0.5, 0.6) is 5.75 Å². The number of aromatic nitrogens is 2. The van der Waals surface area contributed by atoms with E-state index in [9.17, 15) is 4.79 Å². The Morgan fingerprint density at radius 3 is 2.60 bits per heavy atom. The number of rotatable bonds is 4. The molecule has 0 aliphatic rings. The van der Waals surface area contributed by atoms with E-state index in [0.717, 1.165) is 5.56 Å². The number of aryl methyl sites for hydroxylation is 3. The molecular weight excluding hydrogens is 258 g/mol. The smallest absolute Gasteiger partial charge is 0.266 e. The first-order chi connectivity index (χ1) is 9.47. The van der Waals surface area contributed by atoms with Crippen LogP contribution in [0.1, 0.15) is 23.7 Å². The van der Waals surface area contributed by atoms with Gasteiger partial charge in [-0.2, -0.15) is 0 Å². The fourth-order valence-electron chi connectivity index (χ4n) is 1.61. The summed E-state index contributed by atoms with van der Waals surface area (Å²) in [4.78, 5) is 12.0. The summed E-state index contributed by atoms with van der Waals surface area (Å²) in [6.07, 6.45) is -0.645. The Morgan fingerprint density at radius 2 is 2.00 bits per heavy atom. The lowest BCUT2D eigenvalue weighted by atomic mass is 10.1. The van der Waals surface area contributed by atoms with Crippen LogP contribution in [0.25, 0.3) is 0 Å². The van der Waals surface area contributed by atoms with Gasteiger partial charge in [-0.15, -0.1) is 0 Å². The fraction of sp³-hybridized carbons (Fsp3) is 0.357. The molecule has 0 radical (unpaired) electrons. The molecule has 1 N–H and O–H groups in total. The van der Waals surface area contributed by atoms with Crippen LogP contribution >= 0.6 is 0 Å². The highest BCUT2D eigenvalue weighted by Crippen LogP contribution is 2.18. The highest BCUT2D eigenvalue weighted by atomic mass is 16.6. The van der Waals surface area contributed by atoms with E-state index < -0.39 is 6.10 Å². The average molecular weight is 275 g/mol. The molecule has 0 unspecified atom stereocenters. The number of amides is 1. The number of hydrogen-bond acceptors (Lipinski definition) is 5. The standard InChI is InChI=1S/C14H17N3O3/c1-8-5-6-12(7-9(8)2)19-11(4)14(18)15-13-10(3)16-20-17-13/h5-7,11H,1-4H3,(H,15,17,18)/t11-/m0/s1. The van der Waals surface area contributed by atoms with Crippen molar-refractivity contribution >= 4 is 11.7 Å². The van der Waals surface area contributed by atoms with E-state index in [4.69, 9.17) is 4.74 Å². The van der Waals surface area contributed by atoms with Gasteiger partial charge in [0.25, 0.3) is 5.91 Å². The van der Waals surface area contributed by atoms with Gasteiger partial charge in [0.15, 0.2) is 11.9 Å². The molecule has 0 saturated carbocycles. The monoisotopic (exact) mass is 275 g/mol. The predicted octanol–water partition coefficient (Wildman–Crippen LogP) is 2.40. The number of ether oxygens (including phenoxy) is 1. The number of benzene rings is 1. The summed E-state index contributed by atoms with van der Waals surface area (Å²) in [5.41, 5.74) is 2.82. The van der Waals surface area contributed by atoms with E-state index in [0.29, 0.717) is 17.3 Å². The summed E-state index contributed by atoms with van der Waals surface area (Å²) < 4.78 is 10.1. The molecule has 6 nitrogen and oxygen atoms in total. The number of carbonyl (C=O) groups is 1. The minimum Gasteiger partial charge on any atom is -0.481 e. The molecule has 106 valence electrons. The van der Waals surface area contributed by atoms with Crippen molar-refractivity contribution in [3.05, 3.63) is 35.0 Å². The van der Waals surface area contributed by atoms with Gasteiger partial charge in [0.05, 0.1) is 0 Å². The Balaban J connectivity index is 2.00. The lowest BCUT2D eigenvalue weighted by molar-refractivity contribution is -0.122. The Bertz CT molecular complexity index is 622. The summed E-state index contributed by atoms with van der Waals surface area (Å²) in [5.74, 6) is 0.665. The second-order valence-corrected chi connectivity index (χ2v) is 4.69. The third kappa shape index (κ3) is 3.14. The largest absolute Gasteiger partial charge is 0.481 e. The van der Waals surface area contributed by atoms with Crippen LogP contribution in [0.2, 0.25) is 0 Å². The summed E-state index contributed by atoms with van der Waals surface area (Å²) in [5, 5.41) is 9.79. The SMILES string of the molecule is Cc1ccc(O[C@@H](C)C(=O)Nc2nonc2C)cc1C. The molecular formula is C14H17N3O3. The first kappa shape index (κ1) is 14.0. The molecule has 1 heterocycles. The molecule has 6 heteroatoms. The van der Waals surface area contributed by atoms with Crippen LogP contribution < -0.4 is 10.1 Å². The summed E-state index contributed by atoms with van der Waals surface area (Å²) in [6, 6.07) is 5.71. The van der Waals surface area contributed by atoms with E-state index in [1.807, 2.05) is 32.0 Å². The van der Waals surface area contributed by atoms with Crippen LogP contribution in [-0.4, -0.2) is 22.3 Å². The van der Waals surface area contributed by atoms with E-state index >= 15 is 0 Å². The van der Waals surface area contributed by atoms with Gasteiger partial charge in [-0.3, -0.25) is 4.79 Å². The van der Waals surface area contributed by atoms with Crippen LogP contribution in [0.4, 0.5) is 5.82 Å². The Hall–Kier alpha value is -2.37. The maximum absolute atomic E-state index is 12.0. The van der Waals surface area contributed by atoms with Gasteiger partial charge in [-0.25, -0.2) is 4.63 Å². The van der Waals surface area contributed by atoms with E-state index in [-0.39, 0.29) is 5.91 Å². The molecule has 0 saturated heterocycles. The molecule has 1 amide bonds. The molecule has 0 aliphatic carbocycles. The van der Waals surface area contributed by atoms with Crippen molar-refractivity contribution < 1.29 is 14.2 Å². The normalized spacial score (nSPS) is 12.0. The van der Waals surface area contributed by atoms with Crippen molar-refractivity contribution in [2.24, 2.45) is 0 Å². The molecule has 1 aromatic carbocycles. The average Bonchev–Trinajstić information content (AvgIpc) is 2.79. The van der Waals surface area contributed by atoms with Crippen molar-refractivity contribution in [3.8, 4) is 5.75 Å². The predicted molar refractivity (Wildman–Crippen MR) is 73.7 cm³/mol. The number of nitrogens with zero attached hydrogens (tertiary/aromatic N) is 2. The highest BCUT2D eigenvalue weighted by Gasteiger charge is 2.18. The topological polar surface area (TPSA) is 77.2 Å². The van der Waals surface area contributed by atoms with Gasteiger partial charge in [0, 0.05) is 0 Å². The van der Waals surface area contributed by atoms with Crippen LogP contribution in [0.15, 0.2) is 22.8 Å². The maximum Gasteiger partial charge on any atom is 0.266 e. The second kappa shape index (κ2) is 5.73. The quantitative estimate of drug-likeness (QED) is 0.927. The van der Waals surface area contributed by atoms with Crippen LogP contribution in [-0.2, 0) is 4.79 Å². The molecule has 0 spiro atoms. The summed E-state index contributed by atoms with van der Waals surface area (Å²) >= 11 is 0. The maximum atomic E-state index is 12.0. The van der Waals surface area contributed by atoms with Gasteiger partial charge in [-0.05, 0) is 56.1 Å². The van der Waals surface area contributed by atoms with Crippen molar-refractivity contribution in [1.29, 1.82) is 0 Å². The number of anilines is 1. The lowest BCUT2D eigenvalue weighted by Crippen LogP contribution is -2.30. The third-order valence-corrected chi connectivity index (χ3v) is 3.05. The van der Waals surface area contributed by atoms with Gasteiger partial charge in [0.2, 0.25) is 0 Å². The van der Waals surface area contributed by atoms with Gasteiger partial charge in [0.1, 0.15) is 11.4 Å². The zero-order valence-corrected chi connectivity index (χ0v) is 11.9. The van der Waals surface area contributed by atoms with Gasteiger partial charge in [-0.1, -0.05) is 11.2 Å². The van der Waals surface area contributed by atoms with Crippen LogP contribution in [0, 0.1) is 20.8 Å². The van der Waals surface area contributed by atoms with Crippen molar-refractivity contribution in [3.63, 3.8) is 0 Å². The molecule has 1 atom stereocenters. The molecule has 0 fully saturated rings. The van der Waals surface area contributed by atoms with Crippen molar-refractivity contribution in [2.45, 2.75) is 33.8 Å². The zero-order valence-electron chi connectivity index (χ0n) is 11.9. The highest BCUT2D eigenvalue weighted by molar-refractivity contribution is 5.93. The molecule has 1 aromatic heterocycles. The van der Waals surface area contributed by atoms with Crippen molar-refractivity contribution in [1.82, 2.24) is 10.3 Å². The van der Waals surface area contributed by atoms with Crippen molar-refractivity contribution in [2.75, 3.05) is 5.32 Å². The number of carbonyl (C=O) groups excluding carboxylic acids is 1. The van der Waals surface area contributed by atoms with E-state index in [2.05, 4.69) is 20.3 Å².